The highest BCUT2D eigenvalue weighted by Crippen LogP contribution is 2.34. The van der Waals surface area contributed by atoms with Gasteiger partial charge in [-0.25, -0.2) is 12.8 Å². The number of hydrogen-bond acceptors (Lipinski definition) is 5. The summed E-state index contributed by atoms with van der Waals surface area (Å²) in [6.07, 6.45) is 3.78. The van der Waals surface area contributed by atoms with E-state index in [2.05, 4.69) is 39.0 Å². The maximum Gasteiger partial charge on any atom is 0.242 e. The topological polar surface area (TPSA) is 72.5 Å². The lowest BCUT2D eigenvalue weighted by atomic mass is 10.0. The summed E-state index contributed by atoms with van der Waals surface area (Å²) in [6, 6.07) is 17.3. The standard InChI is InChI=1S/C26H28FN5O2S.ClH/c1-30(35(33,34)21-9-7-20(27)8-10-21)14-15-31-16-18-32(19-17-31)25-6-3-12-29-26(25)23-4-2-5-24-22(23)11-13-28-24;/h2-13,28H,14-19H2,1H3;1H. The quantitative estimate of drug-likeness (QED) is 0.388. The molecule has 190 valence electrons. The van der Waals surface area contributed by atoms with Crippen LogP contribution >= 0.6 is 12.4 Å². The highest BCUT2D eigenvalue weighted by Gasteiger charge is 2.24. The molecule has 2 aromatic carbocycles. The first kappa shape index (κ1) is 26.1. The first-order valence-electron chi connectivity index (χ1n) is 11.6. The summed E-state index contributed by atoms with van der Waals surface area (Å²) >= 11 is 0. The van der Waals surface area contributed by atoms with E-state index in [1.165, 1.54) is 28.6 Å². The van der Waals surface area contributed by atoms with Crippen LogP contribution in [-0.4, -0.2) is 73.9 Å². The third-order valence-electron chi connectivity index (χ3n) is 6.60. The molecule has 0 bridgehead atoms. The number of fused-ring (bicyclic) bond motifs is 1. The normalized spacial score (nSPS) is 14.8. The monoisotopic (exact) mass is 529 g/mol. The zero-order valence-corrected chi connectivity index (χ0v) is 21.6. The molecule has 0 radical (unpaired) electrons. The predicted molar refractivity (Wildman–Crippen MR) is 144 cm³/mol. The molecule has 1 N–H and O–H groups in total. The number of sulfonamides is 1. The molecule has 5 rings (SSSR count). The second kappa shape index (κ2) is 11.0. The number of H-pyrrole nitrogens is 1. The fourth-order valence-corrected chi connectivity index (χ4v) is 5.71. The zero-order valence-electron chi connectivity index (χ0n) is 20.0. The summed E-state index contributed by atoms with van der Waals surface area (Å²) in [7, 11) is -2.07. The molecule has 0 aliphatic carbocycles. The molecular weight excluding hydrogens is 501 g/mol. The zero-order chi connectivity index (χ0) is 24.4. The van der Waals surface area contributed by atoms with Gasteiger partial charge in [0.15, 0.2) is 0 Å². The van der Waals surface area contributed by atoms with Gasteiger partial charge < -0.3 is 9.88 Å². The van der Waals surface area contributed by atoms with Crippen molar-refractivity contribution in [2.75, 3.05) is 51.2 Å². The van der Waals surface area contributed by atoms with Crippen molar-refractivity contribution < 1.29 is 12.8 Å². The van der Waals surface area contributed by atoms with Gasteiger partial charge in [0.25, 0.3) is 0 Å². The van der Waals surface area contributed by atoms with Gasteiger partial charge in [-0.05, 0) is 48.5 Å². The van der Waals surface area contributed by atoms with Crippen molar-refractivity contribution in [1.82, 2.24) is 19.2 Å². The Morgan fingerprint density at radius 1 is 1.00 bits per heavy atom. The lowest BCUT2D eigenvalue weighted by Crippen LogP contribution is -2.48. The van der Waals surface area contributed by atoms with Crippen LogP contribution in [0.4, 0.5) is 10.1 Å². The molecule has 1 fully saturated rings. The number of hydrogen-bond donors (Lipinski definition) is 1. The van der Waals surface area contributed by atoms with Crippen LogP contribution < -0.4 is 4.90 Å². The van der Waals surface area contributed by atoms with Gasteiger partial charge in [0.2, 0.25) is 10.0 Å². The summed E-state index contributed by atoms with van der Waals surface area (Å²) in [6.45, 7) is 4.31. The lowest BCUT2D eigenvalue weighted by molar-refractivity contribution is 0.244. The molecule has 0 saturated carbocycles. The van der Waals surface area contributed by atoms with E-state index >= 15 is 0 Å². The maximum atomic E-state index is 13.2. The minimum Gasteiger partial charge on any atom is -0.367 e. The van der Waals surface area contributed by atoms with E-state index in [-0.39, 0.29) is 17.3 Å². The third-order valence-corrected chi connectivity index (χ3v) is 8.47. The van der Waals surface area contributed by atoms with Gasteiger partial charge in [-0.2, -0.15) is 4.31 Å². The summed E-state index contributed by atoms with van der Waals surface area (Å²) in [5.74, 6) is -0.453. The van der Waals surface area contributed by atoms with Crippen LogP contribution in [0.2, 0.25) is 0 Å². The number of anilines is 1. The number of aromatic nitrogens is 2. The van der Waals surface area contributed by atoms with Crippen LogP contribution in [0.3, 0.4) is 0 Å². The molecule has 7 nitrogen and oxygen atoms in total. The number of pyridine rings is 1. The van der Waals surface area contributed by atoms with Gasteiger partial charge in [0, 0.05) is 75.2 Å². The molecule has 4 aromatic rings. The molecule has 3 heterocycles. The van der Waals surface area contributed by atoms with Crippen molar-refractivity contribution in [2.45, 2.75) is 4.90 Å². The molecule has 1 aliphatic rings. The molecule has 0 unspecified atom stereocenters. The van der Waals surface area contributed by atoms with Gasteiger partial charge in [0.05, 0.1) is 16.3 Å². The Morgan fingerprint density at radius 2 is 1.75 bits per heavy atom. The van der Waals surface area contributed by atoms with Crippen molar-refractivity contribution in [3.8, 4) is 11.3 Å². The van der Waals surface area contributed by atoms with Gasteiger partial charge in [-0.3, -0.25) is 9.88 Å². The third kappa shape index (κ3) is 5.24. The molecule has 1 saturated heterocycles. The molecule has 10 heteroatoms. The van der Waals surface area contributed by atoms with Crippen molar-refractivity contribution in [3.63, 3.8) is 0 Å². The van der Waals surface area contributed by atoms with E-state index in [0.29, 0.717) is 13.1 Å². The molecule has 0 amide bonds. The molecule has 0 spiro atoms. The van der Waals surface area contributed by atoms with E-state index in [9.17, 15) is 12.8 Å². The van der Waals surface area contributed by atoms with Gasteiger partial charge >= 0.3 is 0 Å². The van der Waals surface area contributed by atoms with Crippen LogP contribution in [0.1, 0.15) is 0 Å². The summed E-state index contributed by atoms with van der Waals surface area (Å²) in [4.78, 5) is 12.7. The number of halogens is 2. The van der Waals surface area contributed by atoms with Gasteiger partial charge in [-0.1, -0.05) is 12.1 Å². The van der Waals surface area contributed by atoms with Crippen molar-refractivity contribution in [2.24, 2.45) is 0 Å². The number of benzene rings is 2. The SMILES string of the molecule is CN(CCN1CCN(c2cccnc2-c2cccc3[nH]ccc23)CC1)S(=O)(=O)c1ccc(F)cc1.Cl. The Morgan fingerprint density at radius 3 is 2.50 bits per heavy atom. The van der Waals surface area contributed by atoms with Gasteiger partial charge in [-0.15, -0.1) is 12.4 Å². The van der Waals surface area contributed by atoms with Crippen LogP contribution in [0.5, 0.6) is 0 Å². The number of rotatable bonds is 7. The van der Waals surface area contributed by atoms with E-state index in [1.54, 1.807) is 7.05 Å². The van der Waals surface area contributed by atoms with Crippen LogP contribution in [0.15, 0.2) is 78.0 Å². The second-order valence-corrected chi connectivity index (χ2v) is 10.8. The average Bonchev–Trinajstić information content (AvgIpc) is 3.37. The fourth-order valence-electron chi connectivity index (χ4n) is 4.55. The van der Waals surface area contributed by atoms with Crippen molar-refractivity contribution >= 4 is 39.0 Å². The van der Waals surface area contributed by atoms with E-state index < -0.39 is 15.8 Å². The summed E-state index contributed by atoms with van der Waals surface area (Å²) in [5.41, 5.74) is 4.27. The highest BCUT2D eigenvalue weighted by atomic mass is 35.5. The molecule has 1 aliphatic heterocycles. The Balaban J connectivity index is 0.00000304. The average molecular weight is 530 g/mol. The number of aromatic amines is 1. The number of piperazine rings is 1. The predicted octanol–water partition coefficient (Wildman–Crippen LogP) is 4.23. The molecule has 2 aromatic heterocycles. The molecular formula is C26H29ClFN5O2S. The van der Waals surface area contributed by atoms with E-state index in [0.717, 1.165) is 54.0 Å². The fraction of sp³-hybridized carbons (Fsp3) is 0.269. The molecule has 36 heavy (non-hydrogen) atoms. The minimum atomic E-state index is -3.64. The Kier molecular flexibility index (Phi) is 7.94. The van der Waals surface area contributed by atoms with Crippen molar-refractivity contribution in [3.05, 3.63) is 78.9 Å². The Labute approximate surface area is 217 Å². The summed E-state index contributed by atoms with van der Waals surface area (Å²) in [5, 5.41) is 1.15. The number of nitrogens with one attached hydrogen (secondary N) is 1. The van der Waals surface area contributed by atoms with Gasteiger partial charge in [0.1, 0.15) is 5.82 Å². The van der Waals surface area contributed by atoms with Crippen LogP contribution in [-0.2, 0) is 10.0 Å². The van der Waals surface area contributed by atoms with Crippen LogP contribution in [0.25, 0.3) is 22.2 Å². The summed E-state index contributed by atoms with van der Waals surface area (Å²) < 4.78 is 40.0. The Hall–Kier alpha value is -2.98. The number of likely N-dealkylation sites (N-methyl/N-ethyl adjacent to an activating group) is 1. The van der Waals surface area contributed by atoms with E-state index in [1.807, 2.05) is 24.5 Å². The lowest BCUT2D eigenvalue weighted by Gasteiger charge is -2.37. The second-order valence-electron chi connectivity index (χ2n) is 8.72. The number of nitrogens with zero attached hydrogens (tertiary/aromatic N) is 4. The van der Waals surface area contributed by atoms with Crippen molar-refractivity contribution in [1.29, 1.82) is 0 Å². The minimum absolute atomic E-state index is 0. The largest absolute Gasteiger partial charge is 0.367 e. The smallest absolute Gasteiger partial charge is 0.242 e. The first-order valence-corrected chi connectivity index (χ1v) is 13.1. The highest BCUT2D eigenvalue weighted by molar-refractivity contribution is 7.89. The van der Waals surface area contributed by atoms with E-state index in [4.69, 9.17) is 4.98 Å². The Bertz CT molecular complexity index is 1420. The first-order chi connectivity index (χ1) is 16.9. The maximum absolute atomic E-state index is 13.2. The molecule has 0 atom stereocenters. The van der Waals surface area contributed by atoms with Crippen LogP contribution in [0, 0.1) is 5.82 Å².